The third kappa shape index (κ3) is 3.03. The monoisotopic (exact) mass is 413 g/mol. The Morgan fingerprint density at radius 3 is 2.23 bits per heavy atom. The predicted molar refractivity (Wildman–Crippen MR) is 121 cm³/mol. The second-order valence-corrected chi connectivity index (χ2v) is 10.0. The molecule has 4 nitrogen and oxygen atoms in total. The van der Waals surface area contributed by atoms with Crippen LogP contribution in [0.15, 0.2) is 48.5 Å². The van der Waals surface area contributed by atoms with Crippen molar-refractivity contribution in [2.24, 2.45) is 17.8 Å². The second-order valence-electron chi connectivity index (χ2n) is 10.0. The third-order valence-electron chi connectivity index (χ3n) is 8.05. The van der Waals surface area contributed by atoms with E-state index in [1.807, 2.05) is 18.2 Å². The number of aromatic carboxylic acids is 1. The Morgan fingerprint density at radius 2 is 1.58 bits per heavy atom. The van der Waals surface area contributed by atoms with Gasteiger partial charge in [-0.2, -0.15) is 0 Å². The van der Waals surface area contributed by atoms with E-state index in [9.17, 15) is 9.90 Å². The first-order chi connectivity index (χ1) is 15.0. The number of benzene rings is 2. The van der Waals surface area contributed by atoms with Gasteiger partial charge < -0.3 is 9.84 Å². The van der Waals surface area contributed by atoms with Gasteiger partial charge in [-0.1, -0.05) is 18.2 Å². The summed E-state index contributed by atoms with van der Waals surface area (Å²) in [5.74, 6) is 2.68. The van der Waals surface area contributed by atoms with Gasteiger partial charge in [-0.05, 0) is 103 Å². The first-order valence-corrected chi connectivity index (χ1v) is 11.4. The van der Waals surface area contributed by atoms with E-state index in [0.29, 0.717) is 5.52 Å². The van der Waals surface area contributed by atoms with Gasteiger partial charge in [0, 0.05) is 10.9 Å². The molecule has 1 heterocycles. The Labute approximate surface area is 182 Å². The smallest absolute Gasteiger partial charge is 0.354 e. The maximum Gasteiger partial charge on any atom is 0.354 e. The number of pyridine rings is 1. The fourth-order valence-corrected chi connectivity index (χ4v) is 7.17. The van der Waals surface area contributed by atoms with E-state index < -0.39 is 5.97 Å². The molecule has 31 heavy (non-hydrogen) atoms. The number of rotatable bonds is 4. The van der Waals surface area contributed by atoms with Crippen LogP contribution < -0.4 is 4.74 Å². The molecule has 4 aliphatic rings. The third-order valence-corrected chi connectivity index (χ3v) is 8.05. The lowest BCUT2D eigenvalue weighted by molar-refractivity contribution is -0.00613. The summed E-state index contributed by atoms with van der Waals surface area (Å²) in [5, 5.41) is 10.2. The number of carbonyl (C=O) groups is 1. The normalized spacial score (nSPS) is 28.7. The molecule has 0 atom stereocenters. The summed E-state index contributed by atoms with van der Waals surface area (Å²) in [7, 11) is 1.79. The molecular weight excluding hydrogens is 386 g/mol. The zero-order valence-corrected chi connectivity index (χ0v) is 17.8. The topological polar surface area (TPSA) is 59.4 Å². The van der Waals surface area contributed by atoms with Crippen molar-refractivity contribution in [3.05, 3.63) is 59.8 Å². The molecule has 4 bridgehead atoms. The zero-order chi connectivity index (χ0) is 21.2. The van der Waals surface area contributed by atoms with Gasteiger partial charge in [-0.25, -0.2) is 9.78 Å². The van der Waals surface area contributed by atoms with Crippen molar-refractivity contribution in [1.82, 2.24) is 4.98 Å². The molecular formula is C27H27NO3. The van der Waals surface area contributed by atoms with Gasteiger partial charge in [0.25, 0.3) is 0 Å². The maximum atomic E-state index is 11.2. The molecule has 0 spiro atoms. The molecule has 158 valence electrons. The number of carboxylic acid groups (broad SMARTS) is 1. The van der Waals surface area contributed by atoms with Gasteiger partial charge in [0.05, 0.1) is 12.6 Å². The van der Waals surface area contributed by atoms with Crippen molar-refractivity contribution in [2.75, 3.05) is 7.11 Å². The molecule has 3 aromatic rings. The highest BCUT2D eigenvalue weighted by Gasteiger charge is 2.52. The maximum absolute atomic E-state index is 11.2. The highest BCUT2D eigenvalue weighted by atomic mass is 16.5. The molecule has 1 aromatic heterocycles. The average Bonchev–Trinajstić information content (AvgIpc) is 2.77. The number of carboxylic acids is 1. The molecule has 0 unspecified atom stereocenters. The van der Waals surface area contributed by atoms with Gasteiger partial charge >= 0.3 is 5.97 Å². The number of hydrogen-bond donors (Lipinski definition) is 1. The molecule has 7 rings (SSSR count). The minimum absolute atomic E-state index is 0.0776. The SMILES string of the molecule is COc1ccc(-c2ccc3nc(C(=O)O)ccc3c2)cc1C12CC3CC(CC(C3)C1)C2. The van der Waals surface area contributed by atoms with Crippen LogP contribution in [0.4, 0.5) is 0 Å². The fourth-order valence-electron chi connectivity index (χ4n) is 7.17. The molecule has 4 saturated carbocycles. The number of fused-ring (bicyclic) bond motifs is 1. The van der Waals surface area contributed by atoms with E-state index in [-0.39, 0.29) is 11.1 Å². The molecule has 4 heteroatoms. The Morgan fingerprint density at radius 1 is 0.935 bits per heavy atom. The molecule has 4 fully saturated rings. The van der Waals surface area contributed by atoms with Crippen molar-refractivity contribution in [3.63, 3.8) is 0 Å². The van der Waals surface area contributed by atoms with Crippen molar-refractivity contribution in [1.29, 1.82) is 0 Å². The Bertz CT molecular complexity index is 1160. The van der Waals surface area contributed by atoms with E-state index in [1.54, 1.807) is 13.2 Å². The number of methoxy groups -OCH3 is 1. The van der Waals surface area contributed by atoms with Gasteiger partial charge in [0.1, 0.15) is 11.4 Å². The van der Waals surface area contributed by atoms with Crippen molar-refractivity contribution in [2.45, 2.75) is 43.9 Å². The summed E-state index contributed by atoms with van der Waals surface area (Å²) >= 11 is 0. The molecule has 1 N–H and O–H groups in total. The molecule has 2 aromatic carbocycles. The minimum Gasteiger partial charge on any atom is -0.496 e. The highest BCUT2D eigenvalue weighted by molar-refractivity contribution is 5.91. The van der Waals surface area contributed by atoms with Crippen molar-refractivity contribution >= 4 is 16.9 Å². The number of ether oxygens (including phenoxy) is 1. The van der Waals surface area contributed by atoms with Crippen LogP contribution >= 0.6 is 0 Å². The lowest BCUT2D eigenvalue weighted by Gasteiger charge is -2.57. The van der Waals surface area contributed by atoms with E-state index in [2.05, 4.69) is 29.2 Å². The van der Waals surface area contributed by atoms with E-state index in [4.69, 9.17) is 4.74 Å². The van der Waals surface area contributed by atoms with Gasteiger partial charge in [-0.3, -0.25) is 0 Å². The minimum atomic E-state index is -0.999. The van der Waals surface area contributed by atoms with Crippen LogP contribution in [0.3, 0.4) is 0 Å². The van der Waals surface area contributed by atoms with Crippen LogP contribution in [0.1, 0.15) is 54.6 Å². The Balaban J connectivity index is 1.43. The average molecular weight is 414 g/mol. The van der Waals surface area contributed by atoms with E-state index in [0.717, 1.165) is 34.5 Å². The summed E-state index contributed by atoms with van der Waals surface area (Å²) in [6.45, 7) is 0. The van der Waals surface area contributed by atoms with E-state index in [1.165, 1.54) is 49.7 Å². The van der Waals surface area contributed by atoms with Crippen LogP contribution in [0, 0.1) is 17.8 Å². The summed E-state index contributed by atoms with van der Waals surface area (Å²) in [6.07, 6.45) is 8.20. The number of hydrogen-bond acceptors (Lipinski definition) is 3. The van der Waals surface area contributed by atoms with Crippen molar-refractivity contribution in [3.8, 4) is 16.9 Å². The first-order valence-electron chi connectivity index (χ1n) is 11.4. The van der Waals surface area contributed by atoms with Crippen LogP contribution in [0.5, 0.6) is 5.75 Å². The predicted octanol–water partition coefficient (Wildman–Crippen LogP) is 6.08. The lowest BCUT2D eigenvalue weighted by Crippen LogP contribution is -2.48. The number of aromatic nitrogens is 1. The lowest BCUT2D eigenvalue weighted by atomic mass is 9.48. The zero-order valence-electron chi connectivity index (χ0n) is 17.8. The quantitative estimate of drug-likeness (QED) is 0.563. The molecule has 0 amide bonds. The molecule has 0 aliphatic heterocycles. The standard InChI is InChI=1S/C27H27NO3/c1-31-25-7-4-20(19-2-5-23-21(11-19)3-6-24(28-23)26(29)30)12-22(25)27-13-16-8-17(14-27)10-18(9-16)15-27/h2-7,11-12,16-18H,8-10,13-15H2,1H3,(H,29,30). The van der Waals surface area contributed by atoms with Crippen LogP contribution in [0.25, 0.3) is 22.0 Å². The van der Waals surface area contributed by atoms with E-state index >= 15 is 0 Å². The van der Waals surface area contributed by atoms with Gasteiger partial charge in [-0.15, -0.1) is 0 Å². The second kappa shape index (κ2) is 6.81. The summed E-state index contributed by atoms with van der Waals surface area (Å²) in [6, 6.07) is 16.1. The van der Waals surface area contributed by atoms with Gasteiger partial charge in [0.15, 0.2) is 0 Å². The Kier molecular flexibility index (Phi) is 4.14. The number of nitrogens with zero attached hydrogens (tertiary/aromatic N) is 1. The van der Waals surface area contributed by atoms with Crippen LogP contribution in [-0.4, -0.2) is 23.2 Å². The van der Waals surface area contributed by atoms with Gasteiger partial charge in [0.2, 0.25) is 0 Å². The highest BCUT2D eigenvalue weighted by Crippen LogP contribution is 2.62. The molecule has 0 saturated heterocycles. The first kappa shape index (κ1) is 18.9. The van der Waals surface area contributed by atoms with Crippen molar-refractivity contribution < 1.29 is 14.6 Å². The molecule has 4 aliphatic carbocycles. The van der Waals surface area contributed by atoms with Crippen LogP contribution in [0.2, 0.25) is 0 Å². The van der Waals surface area contributed by atoms with Crippen LogP contribution in [-0.2, 0) is 5.41 Å². The summed E-state index contributed by atoms with van der Waals surface area (Å²) in [5.41, 5.74) is 4.77. The summed E-state index contributed by atoms with van der Waals surface area (Å²) < 4.78 is 5.87. The summed E-state index contributed by atoms with van der Waals surface area (Å²) in [4.78, 5) is 15.5. The largest absolute Gasteiger partial charge is 0.496 e. The Hall–Kier alpha value is -2.88. The fraction of sp³-hybridized carbons (Fsp3) is 0.407. The molecule has 0 radical (unpaired) electrons.